The van der Waals surface area contributed by atoms with Crippen LogP contribution in [0.25, 0.3) is 0 Å². The van der Waals surface area contributed by atoms with Gasteiger partial charge in [0.15, 0.2) is 6.10 Å². The van der Waals surface area contributed by atoms with Gasteiger partial charge in [-0.25, -0.2) is 0 Å². The summed E-state index contributed by atoms with van der Waals surface area (Å²) in [5.74, 6) is 0.596. The second kappa shape index (κ2) is 12.1. The third kappa shape index (κ3) is 6.12. The molecule has 0 unspecified atom stereocenters. The molecule has 38 heavy (non-hydrogen) atoms. The van der Waals surface area contributed by atoms with Crippen LogP contribution in [0.5, 0.6) is 5.75 Å². The number of aryl methyl sites for hydroxylation is 1. The summed E-state index contributed by atoms with van der Waals surface area (Å²) >= 11 is 0. The van der Waals surface area contributed by atoms with Crippen LogP contribution in [-0.4, -0.2) is 28.4 Å². The molecular formula is C33H35N3O2. The number of ether oxygens (including phenoxy) is 1. The quantitative estimate of drug-likeness (QED) is 0.303. The Kier molecular flexibility index (Phi) is 8.15. The number of benzene rings is 3. The Bertz CT molecular complexity index is 1360. The lowest BCUT2D eigenvalue weighted by molar-refractivity contribution is -0.128. The molecule has 0 fully saturated rings. The van der Waals surface area contributed by atoms with Crippen molar-refractivity contribution in [3.8, 4) is 5.75 Å². The smallest absolute Gasteiger partial charge is 0.261 e. The van der Waals surface area contributed by atoms with Gasteiger partial charge in [0.2, 0.25) is 0 Å². The number of rotatable bonds is 9. The number of aromatic nitrogens is 1. The van der Waals surface area contributed by atoms with E-state index in [1.165, 1.54) is 27.8 Å². The second-order valence-corrected chi connectivity index (χ2v) is 9.94. The van der Waals surface area contributed by atoms with E-state index >= 15 is 0 Å². The molecule has 1 N–H and O–H groups in total. The van der Waals surface area contributed by atoms with Gasteiger partial charge in [0.05, 0.1) is 18.3 Å². The van der Waals surface area contributed by atoms with Crippen molar-refractivity contribution in [1.82, 2.24) is 15.2 Å². The van der Waals surface area contributed by atoms with Crippen molar-refractivity contribution in [3.05, 3.63) is 131 Å². The first-order valence-corrected chi connectivity index (χ1v) is 13.4. The molecule has 0 spiro atoms. The average Bonchev–Trinajstić information content (AvgIpc) is 2.95. The zero-order valence-electron chi connectivity index (χ0n) is 22.1. The molecule has 5 nitrogen and oxygen atoms in total. The van der Waals surface area contributed by atoms with Gasteiger partial charge in [-0.2, -0.15) is 0 Å². The summed E-state index contributed by atoms with van der Waals surface area (Å²) in [5.41, 5.74) is 7.26. The summed E-state index contributed by atoms with van der Waals surface area (Å²) < 4.78 is 6.28. The summed E-state index contributed by atoms with van der Waals surface area (Å²) in [6, 6.07) is 31.6. The van der Waals surface area contributed by atoms with Gasteiger partial charge in [-0.3, -0.25) is 14.7 Å². The summed E-state index contributed by atoms with van der Waals surface area (Å²) in [5, 5.41) is 2.97. The van der Waals surface area contributed by atoms with Crippen LogP contribution in [0, 0.1) is 6.92 Å². The minimum Gasteiger partial charge on any atom is -0.481 e. The number of carbonyl (C=O) groups excluding carboxylic acids is 1. The van der Waals surface area contributed by atoms with E-state index in [1.807, 2.05) is 31.2 Å². The minimum absolute atomic E-state index is 0.113. The largest absolute Gasteiger partial charge is 0.481 e. The van der Waals surface area contributed by atoms with Gasteiger partial charge in [-0.1, -0.05) is 79.2 Å². The van der Waals surface area contributed by atoms with Gasteiger partial charge >= 0.3 is 0 Å². The van der Waals surface area contributed by atoms with Crippen LogP contribution < -0.4 is 10.1 Å². The Morgan fingerprint density at radius 3 is 2.63 bits per heavy atom. The highest BCUT2D eigenvalue weighted by molar-refractivity contribution is 5.81. The van der Waals surface area contributed by atoms with Gasteiger partial charge in [-0.15, -0.1) is 0 Å². The lowest BCUT2D eigenvalue weighted by Gasteiger charge is -2.38. The zero-order valence-corrected chi connectivity index (χ0v) is 22.1. The lowest BCUT2D eigenvalue weighted by atomic mass is 9.87. The highest BCUT2D eigenvalue weighted by atomic mass is 16.5. The van der Waals surface area contributed by atoms with Crippen LogP contribution in [0.1, 0.15) is 52.9 Å². The van der Waals surface area contributed by atoms with E-state index in [1.54, 1.807) is 6.20 Å². The van der Waals surface area contributed by atoms with Crippen molar-refractivity contribution < 1.29 is 9.53 Å². The molecule has 0 radical (unpaired) electrons. The molecule has 1 amide bonds. The monoisotopic (exact) mass is 505 g/mol. The number of amides is 1. The Balaban J connectivity index is 1.38. The molecular weight excluding hydrogens is 470 g/mol. The number of fused-ring (bicyclic) bond motifs is 1. The Morgan fingerprint density at radius 2 is 1.87 bits per heavy atom. The summed E-state index contributed by atoms with van der Waals surface area (Å²) in [4.78, 5) is 19.8. The van der Waals surface area contributed by atoms with Gasteiger partial charge in [0, 0.05) is 19.3 Å². The van der Waals surface area contributed by atoms with E-state index in [0.717, 1.165) is 31.0 Å². The fourth-order valence-corrected chi connectivity index (χ4v) is 5.24. The molecule has 1 aliphatic rings. The first-order chi connectivity index (χ1) is 18.6. The Labute approximate surface area is 225 Å². The second-order valence-electron chi connectivity index (χ2n) is 9.94. The zero-order chi connectivity index (χ0) is 26.3. The number of hydrogen-bond donors (Lipinski definition) is 1. The van der Waals surface area contributed by atoms with Crippen LogP contribution in [-0.2, 0) is 24.3 Å². The number of nitrogens with one attached hydrogen (secondary N) is 1. The Hall–Kier alpha value is -3.96. The lowest BCUT2D eigenvalue weighted by Crippen LogP contribution is -2.38. The predicted octanol–water partition coefficient (Wildman–Crippen LogP) is 6.01. The fraction of sp³-hybridized carbons (Fsp3) is 0.273. The molecule has 2 atom stereocenters. The van der Waals surface area contributed by atoms with E-state index < -0.39 is 6.10 Å². The predicted molar refractivity (Wildman–Crippen MR) is 151 cm³/mol. The molecule has 1 aromatic heterocycles. The highest BCUT2D eigenvalue weighted by Crippen LogP contribution is 2.38. The van der Waals surface area contributed by atoms with E-state index in [9.17, 15) is 4.79 Å². The SMILES string of the molecule is CC[C@H](Oc1ccc2c(c1)[C@H](c1ccccc1)N(Cc1cccc(C)c1)CC2)C(=O)NCc1ccccn1. The van der Waals surface area contributed by atoms with Crippen molar-refractivity contribution in [2.45, 2.75) is 51.9 Å². The van der Waals surface area contributed by atoms with E-state index in [-0.39, 0.29) is 11.9 Å². The van der Waals surface area contributed by atoms with Gasteiger partial charge in [0.1, 0.15) is 5.75 Å². The molecule has 3 aromatic carbocycles. The van der Waals surface area contributed by atoms with Crippen molar-refractivity contribution in [3.63, 3.8) is 0 Å². The maximum Gasteiger partial charge on any atom is 0.261 e. The molecule has 2 heterocycles. The third-order valence-electron chi connectivity index (χ3n) is 7.14. The number of hydrogen-bond acceptors (Lipinski definition) is 4. The summed E-state index contributed by atoms with van der Waals surface area (Å²) in [6.07, 6.45) is 2.71. The molecule has 4 aromatic rings. The maximum absolute atomic E-state index is 12.9. The van der Waals surface area contributed by atoms with E-state index in [4.69, 9.17) is 4.74 Å². The molecule has 5 heteroatoms. The molecule has 194 valence electrons. The fourth-order valence-electron chi connectivity index (χ4n) is 5.24. The molecule has 0 saturated carbocycles. The average molecular weight is 506 g/mol. The van der Waals surface area contributed by atoms with Crippen LogP contribution in [0.3, 0.4) is 0 Å². The Morgan fingerprint density at radius 1 is 1.03 bits per heavy atom. The standard InChI is InChI=1S/C33H35N3O2/c1-3-31(33(37)35-22-28-14-7-8-18-34-28)38-29-16-15-26-17-19-36(23-25-11-9-10-24(2)20-25)32(30(26)21-29)27-12-5-4-6-13-27/h4-16,18,20-21,31-32H,3,17,19,22-23H2,1-2H3,(H,35,37)/t31-,32-/m0/s1. The molecule has 1 aliphatic heterocycles. The van der Waals surface area contributed by atoms with Crippen molar-refractivity contribution in [2.24, 2.45) is 0 Å². The number of nitrogens with zero attached hydrogens (tertiary/aromatic N) is 2. The normalized spacial score (nSPS) is 15.9. The molecule has 0 saturated heterocycles. The van der Waals surface area contributed by atoms with Crippen LogP contribution in [0.15, 0.2) is 97.2 Å². The summed E-state index contributed by atoms with van der Waals surface area (Å²) in [7, 11) is 0. The van der Waals surface area contributed by atoms with Crippen LogP contribution >= 0.6 is 0 Å². The van der Waals surface area contributed by atoms with Crippen LogP contribution in [0.2, 0.25) is 0 Å². The maximum atomic E-state index is 12.9. The van der Waals surface area contributed by atoms with E-state index in [2.05, 4.69) is 88.9 Å². The molecule has 0 aliphatic carbocycles. The first-order valence-electron chi connectivity index (χ1n) is 13.4. The van der Waals surface area contributed by atoms with Gasteiger partial charge < -0.3 is 10.1 Å². The highest BCUT2D eigenvalue weighted by Gasteiger charge is 2.30. The van der Waals surface area contributed by atoms with E-state index in [0.29, 0.717) is 13.0 Å². The first kappa shape index (κ1) is 25.7. The summed E-state index contributed by atoms with van der Waals surface area (Å²) in [6.45, 7) is 6.35. The van der Waals surface area contributed by atoms with Crippen molar-refractivity contribution in [2.75, 3.05) is 6.54 Å². The number of carbonyl (C=O) groups is 1. The van der Waals surface area contributed by atoms with Crippen LogP contribution in [0.4, 0.5) is 0 Å². The van der Waals surface area contributed by atoms with Crippen molar-refractivity contribution in [1.29, 1.82) is 0 Å². The molecule has 5 rings (SSSR count). The number of pyridine rings is 1. The van der Waals surface area contributed by atoms with Gasteiger partial charge in [0.25, 0.3) is 5.91 Å². The third-order valence-corrected chi connectivity index (χ3v) is 7.14. The topological polar surface area (TPSA) is 54.5 Å². The van der Waals surface area contributed by atoms with Crippen molar-refractivity contribution >= 4 is 5.91 Å². The molecule has 0 bridgehead atoms. The minimum atomic E-state index is -0.570. The van der Waals surface area contributed by atoms with Gasteiger partial charge in [-0.05, 0) is 66.3 Å².